The minimum absolute atomic E-state index is 0.204. The van der Waals surface area contributed by atoms with Gasteiger partial charge in [0.2, 0.25) is 0 Å². The number of ether oxygens (including phenoxy) is 1. The smallest absolute Gasteiger partial charge is 0.251 e. The Kier molecular flexibility index (Phi) is 6.32. The van der Waals surface area contributed by atoms with Crippen LogP contribution in [0.15, 0.2) is 84.0 Å². The van der Waals surface area contributed by atoms with Gasteiger partial charge in [-0.3, -0.25) is 4.79 Å². The summed E-state index contributed by atoms with van der Waals surface area (Å²) in [4.78, 5) is 18.0. The molecule has 39 heavy (non-hydrogen) atoms. The highest BCUT2D eigenvalue weighted by atomic mass is 19.1. The summed E-state index contributed by atoms with van der Waals surface area (Å²) in [5, 5.41) is 6.78. The van der Waals surface area contributed by atoms with Crippen molar-refractivity contribution in [2.24, 2.45) is 10.9 Å². The summed E-state index contributed by atoms with van der Waals surface area (Å²) in [7, 11) is 0. The number of nitrogens with two attached hydrogens (primary N) is 1. The largest absolute Gasteiger partial charge is 0.394 e. The van der Waals surface area contributed by atoms with Crippen molar-refractivity contribution in [2.75, 3.05) is 6.61 Å². The van der Waals surface area contributed by atoms with Crippen LogP contribution in [0, 0.1) is 11.6 Å². The third kappa shape index (κ3) is 4.53. The van der Waals surface area contributed by atoms with Crippen LogP contribution in [-0.2, 0) is 16.1 Å². The predicted molar refractivity (Wildman–Crippen MR) is 143 cm³/mol. The van der Waals surface area contributed by atoms with Crippen LogP contribution in [0.25, 0.3) is 11.1 Å². The number of oxime groups is 1. The van der Waals surface area contributed by atoms with Crippen LogP contribution in [0.4, 0.5) is 8.78 Å². The molecule has 0 fully saturated rings. The van der Waals surface area contributed by atoms with Gasteiger partial charge in [-0.1, -0.05) is 47.6 Å². The lowest BCUT2D eigenvalue weighted by Gasteiger charge is -2.18. The molecule has 0 aromatic heterocycles. The molecular weight excluding hydrogens is 500 g/mol. The van der Waals surface area contributed by atoms with Gasteiger partial charge in [-0.15, -0.1) is 0 Å². The molecule has 8 heteroatoms. The molecule has 4 aromatic rings. The lowest BCUT2D eigenvalue weighted by Crippen LogP contribution is -2.23. The van der Waals surface area contributed by atoms with Gasteiger partial charge < -0.3 is 20.6 Å². The molecule has 6 nitrogen and oxygen atoms in total. The Hall–Kier alpha value is -4.56. The molecule has 0 radical (unpaired) electrons. The first-order valence-corrected chi connectivity index (χ1v) is 12.6. The number of rotatable bonds is 7. The van der Waals surface area contributed by atoms with Gasteiger partial charge in [-0.25, -0.2) is 8.78 Å². The summed E-state index contributed by atoms with van der Waals surface area (Å²) in [6.07, 6.45) is -0.589. The van der Waals surface area contributed by atoms with Crippen molar-refractivity contribution in [1.82, 2.24) is 5.32 Å². The van der Waals surface area contributed by atoms with E-state index in [1.807, 2.05) is 61.5 Å². The molecule has 0 saturated carbocycles. The average Bonchev–Trinajstić information content (AvgIpc) is 3.52. The van der Waals surface area contributed by atoms with E-state index in [4.69, 9.17) is 15.3 Å². The number of nitrogens with zero attached hydrogens (tertiary/aromatic N) is 1. The van der Waals surface area contributed by atoms with Crippen molar-refractivity contribution >= 4 is 11.7 Å². The van der Waals surface area contributed by atoms with E-state index in [1.54, 1.807) is 6.07 Å². The molecule has 2 heterocycles. The molecule has 2 aliphatic rings. The zero-order valence-corrected chi connectivity index (χ0v) is 21.1. The molecule has 0 aliphatic carbocycles. The first-order chi connectivity index (χ1) is 18.9. The average molecular weight is 526 g/mol. The fraction of sp³-hybridized carbons (Fsp3) is 0.161. The lowest BCUT2D eigenvalue weighted by atomic mass is 9.83. The topological polar surface area (TPSA) is 85.9 Å². The molecular formula is C31H25F2N3O3. The van der Waals surface area contributed by atoms with Crippen molar-refractivity contribution in [3.8, 4) is 11.1 Å². The number of hydrogen-bond donors (Lipinski definition) is 2. The van der Waals surface area contributed by atoms with Crippen molar-refractivity contribution < 1.29 is 23.1 Å². The highest BCUT2D eigenvalue weighted by Gasteiger charge is 2.43. The molecule has 1 amide bonds. The minimum Gasteiger partial charge on any atom is -0.394 e. The monoisotopic (exact) mass is 525 g/mol. The van der Waals surface area contributed by atoms with Gasteiger partial charge in [0, 0.05) is 29.3 Å². The number of nitrogens with one attached hydrogen (secondary N) is 1. The van der Waals surface area contributed by atoms with Crippen molar-refractivity contribution in [3.63, 3.8) is 0 Å². The Morgan fingerprint density at radius 2 is 1.59 bits per heavy atom. The van der Waals surface area contributed by atoms with Crippen LogP contribution in [0.2, 0.25) is 0 Å². The molecule has 196 valence electrons. The zero-order valence-electron chi connectivity index (χ0n) is 21.1. The second-order valence-electron chi connectivity index (χ2n) is 9.48. The van der Waals surface area contributed by atoms with E-state index in [0.29, 0.717) is 35.7 Å². The Labute approximate surface area is 224 Å². The first-order valence-electron chi connectivity index (χ1n) is 12.6. The Balaban J connectivity index is 1.18. The maximum Gasteiger partial charge on any atom is 0.251 e. The van der Waals surface area contributed by atoms with Crippen molar-refractivity contribution in [1.29, 1.82) is 0 Å². The summed E-state index contributed by atoms with van der Waals surface area (Å²) in [5.74, 6) is -1.15. The molecule has 2 bridgehead atoms. The molecule has 3 N–H and O–H groups in total. The van der Waals surface area contributed by atoms with Crippen LogP contribution < -0.4 is 11.1 Å². The Bertz CT molecular complexity index is 1620. The number of benzene rings is 4. The number of amidine groups is 1. The number of hydrogen-bond acceptors (Lipinski definition) is 4. The van der Waals surface area contributed by atoms with Gasteiger partial charge in [-0.2, -0.15) is 0 Å². The highest BCUT2D eigenvalue weighted by Crippen LogP contribution is 2.54. The number of carbonyl (C=O) groups excluding carboxylic acids is 1. The van der Waals surface area contributed by atoms with E-state index >= 15 is 0 Å². The van der Waals surface area contributed by atoms with Gasteiger partial charge in [0.1, 0.15) is 30.4 Å². The van der Waals surface area contributed by atoms with Gasteiger partial charge >= 0.3 is 0 Å². The lowest BCUT2D eigenvalue weighted by molar-refractivity contribution is 0.0857. The predicted octanol–water partition coefficient (Wildman–Crippen LogP) is 5.74. The number of fused-ring (bicyclic) bond motifs is 8. The molecule has 0 saturated heterocycles. The van der Waals surface area contributed by atoms with Crippen molar-refractivity contribution in [3.05, 3.63) is 129 Å². The standard InChI is InChI=1S/C31H25F2N3O3/c1-2-38-36-30(34)18-5-3-17(4-6-18)16-35-31(37)20-8-11-24-26(14-20)29-25-13-19(7-10-23(25)28(24)39-29)22-12-9-21(32)15-27(22)33/h3-15,28-29H,2,16H2,1H3,(H2,34,36)(H,35,37)/t28-,29+/m0/s1. The number of halogens is 2. The molecule has 0 spiro atoms. The molecule has 0 unspecified atom stereocenters. The summed E-state index contributed by atoms with van der Waals surface area (Å²) in [5.41, 5.74) is 12.9. The minimum atomic E-state index is -0.617. The SMILES string of the molecule is CCON=C(N)c1ccc(CNC(=O)c2ccc3c(c2)[C@@H]2O[C@H]3c3ccc(-c4ccc(F)cc4F)cc32)cc1. The van der Waals surface area contributed by atoms with E-state index < -0.39 is 11.6 Å². The Morgan fingerprint density at radius 3 is 2.33 bits per heavy atom. The molecule has 4 aromatic carbocycles. The number of amides is 1. The van der Waals surface area contributed by atoms with Crippen LogP contribution in [-0.4, -0.2) is 18.3 Å². The normalized spacial score (nSPS) is 17.1. The van der Waals surface area contributed by atoms with Gasteiger partial charge in [0.05, 0.1) is 0 Å². The summed E-state index contributed by atoms with van der Waals surface area (Å²) in [6, 6.07) is 22.2. The van der Waals surface area contributed by atoms with Crippen LogP contribution in [0.3, 0.4) is 0 Å². The van der Waals surface area contributed by atoms with E-state index in [-0.39, 0.29) is 18.1 Å². The fourth-order valence-corrected chi connectivity index (χ4v) is 5.14. The Morgan fingerprint density at radius 1 is 0.897 bits per heavy atom. The van der Waals surface area contributed by atoms with Crippen molar-refractivity contribution in [2.45, 2.75) is 25.7 Å². The zero-order chi connectivity index (χ0) is 27.1. The third-order valence-corrected chi connectivity index (χ3v) is 7.07. The fourth-order valence-electron chi connectivity index (χ4n) is 5.14. The highest BCUT2D eigenvalue weighted by molar-refractivity contribution is 5.97. The molecule has 2 aliphatic heterocycles. The third-order valence-electron chi connectivity index (χ3n) is 7.07. The second kappa shape index (κ2) is 9.96. The van der Waals surface area contributed by atoms with Crippen LogP contribution in [0.5, 0.6) is 0 Å². The van der Waals surface area contributed by atoms with E-state index in [0.717, 1.165) is 39.4 Å². The van der Waals surface area contributed by atoms with Gasteiger partial charge in [-0.05, 0) is 70.6 Å². The maximum absolute atomic E-state index is 14.4. The maximum atomic E-state index is 14.4. The van der Waals surface area contributed by atoms with Gasteiger partial charge in [0.25, 0.3) is 5.91 Å². The van der Waals surface area contributed by atoms with E-state index in [1.165, 1.54) is 12.1 Å². The summed E-state index contributed by atoms with van der Waals surface area (Å²) in [6.45, 7) is 2.61. The quantitative estimate of drug-likeness (QED) is 0.183. The van der Waals surface area contributed by atoms with Crippen LogP contribution >= 0.6 is 0 Å². The first kappa shape index (κ1) is 24.8. The molecule has 2 atom stereocenters. The summed E-state index contributed by atoms with van der Waals surface area (Å²) < 4.78 is 34.1. The summed E-state index contributed by atoms with van der Waals surface area (Å²) >= 11 is 0. The van der Waals surface area contributed by atoms with Crippen LogP contribution in [0.1, 0.15) is 62.9 Å². The van der Waals surface area contributed by atoms with E-state index in [2.05, 4.69) is 10.5 Å². The second-order valence-corrected chi connectivity index (χ2v) is 9.48. The van der Waals surface area contributed by atoms with Gasteiger partial charge in [0.15, 0.2) is 5.84 Å². The molecule has 6 rings (SSSR count). The number of carbonyl (C=O) groups is 1. The van der Waals surface area contributed by atoms with E-state index in [9.17, 15) is 13.6 Å².